The van der Waals surface area contributed by atoms with Gasteiger partial charge in [0.1, 0.15) is 0 Å². The normalized spacial score (nSPS) is 11.1. The molecule has 0 radical (unpaired) electrons. The molecule has 2 aromatic carbocycles. The molecule has 1 heterocycles. The highest BCUT2D eigenvalue weighted by molar-refractivity contribution is 5.92. The maximum absolute atomic E-state index is 12.5. The summed E-state index contributed by atoms with van der Waals surface area (Å²) in [6, 6.07) is 12.8. The average Bonchev–Trinajstić information content (AvgIpc) is 2.89. The number of carboxylic acid groups (broad SMARTS) is 1. The van der Waals surface area contributed by atoms with Crippen molar-refractivity contribution in [2.24, 2.45) is 4.99 Å². The van der Waals surface area contributed by atoms with E-state index in [0.717, 1.165) is 6.07 Å². The van der Waals surface area contributed by atoms with Crippen LogP contribution in [0.2, 0.25) is 0 Å². The van der Waals surface area contributed by atoms with E-state index < -0.39 is 11.7 Å². The van der Waals surface area contributed by atoms with Crippen LogP contribution in [0.5, 0.6) is 5.75 Å². The van der Waals surface area contributed by atoms with Crippen molar-refractivity contribution in [3.8, 4) is 11.4 Å². The maximum atomic E-state index is 12.5. The summed E-state index contributed by atoms with van der Waals surface area (Å²) in [5.41, 5.74) is 1.32. The van der Waals surface area contributed by atoms with Gasteiger partial charge in [-0.1, -0.05) is 30.0 Å². The Morgan fingerprint density at radius 2 is 1.96 bits per heavy atom. The number of para-hydroxylation sites is 1. The van der Waals surface area contributed by atoms with Crippen LogP contribution in [0.4, 0.5) is 5.69 Å². The lowest BCUT2D eigenvalue weighted by molar-refractivity contribution is -0.268. The number of H-pyrrole nitrogens is 1. The van der Waals surface area contributed by atoms with Crippen molar-refractivity contribution in [1.29, 1.82) is 0 Å². The molecule has 2 N–H and O–H groups in total. The molecule has 3 aromatic rings. The third-order valence-corrected chi connectivity index (χ3v) is 3.67. The number of hydrogen-bond acceptors (Lipinski definition) is 4. The van der Waals surface area contributed by atoms with E-state index in [-0.39, 0.29) is 16.8 Å². The van der Waals surface area contributed by atoms with Gasteiger partial charge in [0.05, 0.1) is 22.5 Å². The summed E-state index contributed by atoms with van der Waals surface area (Å²) >= 11 is 0. The number of benzene rings is 2. The first-order valence-corrected chi connectivity index (χ1v) is 7.43. The Morgan fingerprint density at radius 1 is 1.24 bits per heavy atom. The van der Waals surface area contributed by atoms with E-state index >= 15 is 0 Å². The molecular formula is C18H14N3O4-. The first kappa shape index (κ1) is 16.3. The molecule has 0 bridgehead atoms. The molecule has 0 amide bonds. The molecule has 3 rings (SSSR count). The number of carbonyl (C=O) groups is 1. The van der Waals surface area contributed by atoms with Crippen molar-refractivity contribution < 1.29 is 15.0 Å². The fourth-order valence-corrected chi connectivity index (χ4v) is 2.37. The van der Waals surface area contributed by atoms with Crippen LogP contribution in [-0.4, -0.2) is 27.1 Å². The van der Waals surface area contributed by atoms with Crippen molar-refractivity contribution in [3.63, 3.8) is 0 Å². The predicted octanol–water partition coefficient (Wildman–Crippen LogP) is 2.00. The molecule has 0 aliphatic rings. The molecule has 0 saturated heterocycles. The zero-order valence-electron chi connectivity index (χ0n) is 13.3. The summed E-state index contributed by atoms with van der Waals surface area (Å²) < 4.78 is 1.40. The van der Waals surface area contributed by atoms with E-state index in [9.17, 15) is 14.7 Å². The molecule has 0 unspecified atom stereocenters. The van der Waals surface area contributed by atoms with Gasteiger partial charge >= 0.3 is 5.97 Å². The van der Waals surface area contributed by atoms with Crippen LogP contribution in [0.3, 0.4) is 0 Å². The lowest BCUT2D eigenvalue weighted by atomic mass is 10.2. The first-order valence-electron chi connectivity index (χ1n) is 7.43. The van der Waals surface area contributed by atoms with Gasteiger partial charge < -0.3 is 10.2 Å². The Balaban J connectivity index is 1.98. The minimum Gasteiger partial charge on any atom is -0.872 e. The SMILES string of the molecule is Cc1[nH]n(-c2ccccc2)c(=O)c1C=Nc1ccc([O-])c(C(=O)O)c1. The smallest absolute Gasteiger partial charge is 0.335 e. The third kappa shape index (κ3) is 3.20. The second-order valence-electron chi connectivity index (χ2n) is 5.37. The van der Waals surface area contributed by atoms with E-state index in [1.807, 2.05) is 18.2 Å². The number of aryl methyl sites for hydroxylation is 1. The molecule has 25 heavy (non-hydrogen) atoms. The van der Waals surface area contributed by atoms with E-state index in [4.69, 9.17) is 5.11 Å². The minimum absolute atomic E-state index is 0.272. The van der Waals surface area contributed by atoms with Crippen molar-refractivity contribution >= 4 is 17.9 Å². The van der Waals surface area contributed by atoms with Crippen molar-refractivity contribution in [2.75, 3.05) is 0 Å². The summed E-state index contributed by atoms with van der Waals surface area (Å²) in [6.07, 6.45) is 1.36. The lowest BCUT2D eigenvalue weighted by Crippen LogP contribution is -2.17. The summed E-state index contributed by atoms with van der Waals surface area (Å²) in [5, 5.41) is 23.4. The van der Waals surface area contributed by atoms with E-state index in [1.165, 1.54) is 23.0 Å². The molecule has 126 valence electrons. The van der Waals surface area contributed by atoms with Crippen molar-refractivity contribution in [2.45, 2.75) is 6.92 Å². The Labute approximate surface area is 142 Å². The standard InChI is InChI=1S/C18H15N3O4/c1-11-15(17(23)21(20-11)13-5-3-2-4-6-13)10-19-12-7-8-16(22)14(9-12)18(24)25/h2-10,20,22H,1H3,(H,24,25)/p-1. The second kappa shape index (κ2) is 6.48. The molecular weight excluding hydrogens is 322 g/mol. The number of aliphatic imine (C=N–C) groups is 1. The first-order chi connectivity index (χ1) is 12.0. The topological polar surface area (TPSA) is 111 Å². The van der Waals surface area contributed by atoms with Crippen LogP contribution < -0.4 is 10.7 Å². The zero-order chi connectivity index (χ0) is 18.0. The molecule has 0 spiro atoms. The number of nitrogens with one attached hydrogen (secondary N) is 1. The fraction of sp³-hybridized carbons (Fsp3) is 0.0556. The Morgan fingerprint density at radius 3 is 2.64 bits per heavy atom. The number of aromatic carboxylic acids is 1. The molecule has 7 nitrogen and oxygen atoms in total. The quantitative estimate of drug-likeness (QED) is 0.710. The van der Waals surface area contributed by atoms with Crippen molar-refractivity contribution in [3.05, 3.63) is 75.7 Å². The van der Waals surface area contributed by atoms with Crippen LogP contribution >= 0.6 is 0 Å². The average molecular weight is 336 g/mol. The number of nitrogens with zero attached hydrogens (tertiary/aromatic N) is 2. The molecule has 1 aromatic heterocycles. The highest BCUT2D eigenvalue weighted by Gasteiger charge is 2.10. The van der Waals surface area contributed by atoms with Gasteiger partial charge in [-0.15, -0.1) is 0 Å². The predicted molar refractivity (Wildman–Crippen MR) is 91.2 cm³/mol. The maximum Gasteiger partial charge on any atom is 0.335 e. The van der Waals surface area contributed by atoms with Gasteiger partial charge in [-0.05, 0) is 31.2 Å². The summed E-state index contributed by atoms with van der Waals surface area (Å²) in [4.78, 5) is 27.7. The van der Waals surface area contributed by atoms with Crippen LogP contribution in [0.1, 0.15) is 21.6 Å². The number of carboxylic acids is 1. The van der Waals surface area contributed by atoms with Gasteiger partial charge in [-0.2, -0.15) is 0 Å². The van der Waals surface area contributed by atoms with Gasteiger partial charge in [0.15, 0.2) is 0 Å². The van der Waals surface area contributed by atoms with Crippen LogP contribution in [0.25, 0.3) is 5.69 Å². The van der Waals surface area contributed by atoms with Crippen LogP contribution in [0.15, 0.2) is 58.3 Å². The lowest BCUT2D eigenvalue weighted by Gasteiger charge is -2.09. The summed E-state index contributed by atoms with van der Waals surface area (Å²) in [7, 11) is 0. The Bertz CT molecular complexity index is 1020. The van der Waals surface area contributed by atoms with E-state index in [2.05, 4.69) is 10.1 Å². The monoisotopic (exact) mass is 336 g/mol. The number of aromatic nitrogens is 2. The fourth-order valence-electron chi connectivity index (χ4n) is 2.37. The summed E-state index contributed by atoms with van der Waals surface area (Å²) in [6.45, 7) is 1.74. The largest absolute Gasteiger partial charge is 0.872 e. The number of aromatic amines is 1. The van der Waals surface area contributed by atoms with E-state index in [1.54, 1.807) is 19.1 Å². The molecule has 0 aliphatic carbocycles. The minimum atomic E-state index is -1.31. The molecule has 0 atom stereocenters. The van der Waals surface area contributed by atoms with Gasteiger partial charge in [-0.3, -0.25) is 14.9 Å². The Kier molecular flexibility index (Phi) is 4.21. The van der Waals surface area contributed by atoms with Crippen LogP contribution in [-0.2, 0) is 0 Å². The van der Waals surface area contributed by atoms with Gasteiger partial charge in [-0.25, -0.2) is 9.48 Å². The van der Waals surface area contributed by atoms with Gasteiger partial charge in [0.25, 0.3) is 5.56 Å². The highest BCUT2D eigenvalue weighted by atomic mass is 16.4. The van der Waals surface area contributed by atoms with E-state index in [0.29, 0.717) is 16.9 Å². The highest BCUT2D eigenvalue weighted by Crippen LogP contribution is 2.21. The van der Waals surface area contributed by atoms with Crippen LogP contribution in [0, 0.1) is 6.92 Å². The Hall–Kier alpha value is -3.61. The molecule has 7 heteroatoms. The second-order valence-corrected chi connectivity index (χ2v) is 5.37. The zero-order valence-corrected chi connectivity index (χ0v) is 13.3. The van der Waals surface area contributed by atoms with Crippen molar-refractivity contribution in [1.82, 2.24) is 9.78 Å². The number of hydrogen-bond donors (Lipinski definition) is 2. The van der Waals surface area contributed by atoms with Gasteiger partial charge in [0, 0.05) is 11.9 Å². The third-order valence-electron chi connectivity index (χ3n) is 3.67. The summed E-state index contributed by atoms with van der Waals surface area (Å²) in [5.74, 6) is -1.90. The van der Waals surface area contributed by atoms with Gasteiger partial charge in [0.2, 0.25) is 0 Å². The number of rotatable bonds is 4. The molecule has 0 saturated carbocycles. The molecule has 0 aliphatic heterocycles. The molecule has 0 fully saturated rings.